The predicted molar refractivity (Wildman–Crippen MR) is 153 cm³/mol. The van der Waals surface area contributed by atoms with Crippen LogP contribution in [0.25, 0.3) is 0 Å². The zero-order chi connectivity index (χ0) is 30.5. The molecule has 3 unspecified atom stereocenters. The molecule has 0 radical (unpaired) electrons. The molecular formula is C29H20F3N3O6S2. The molecule has 0 spiro atoms. The Morgan fingerprint density at radius 1 is 0.977 bits per heavy atom. The lowest BCUT2D eigenvalue weighted by atomic mass is 9.82. The average molecular weight is 628 g/mol. The number of ether oxygens (including phenoxy) is 1. The number of aromatic amines is 1. The highest BCUT2D eigenvalue weighted by Gasteiger charge is 2.57. The quantitative estimate of drug-likeness (QED) is 0.203. The lowest BCUT2D eigenvalue weighted by Gasteiger charge is -2.30. The molecule has 4 aromatic rings. The monoisotopic (exact) mass is 627 g/mol. The van der Waals surface area contributed by atoms with E-state index in [-0.39, 0.29) is 11.5 Å². The predicted octanol–water partition coefficient (Wildman–Crippen LogP) is 4.97. The second-order valence-electron chi connectivity index (χ2n) is 9.70. The van der Waals surface area contributed by atoms with E-state index in [2.05, 4.69) is 10.3 Å². The fourth-order valence-electron chi connectivity index (χ4n) is 5.25. The van der Waals surface area contributed by atoms with E-state index in [1.807, 2.05) is 0 Å². The summed E-state index contributed by atoms with van der Waals surface area (Å²) in [6.45, 7) is -0.443. The van der Waals surface area contributed by atoms with Crippen LogP contribution >= 0.6 is 23.1 Å². The topological polar surface area (TPSA) is 129 Å². The molecule has 9 nitrogen and oxygen atoms in total. The number of para-hydroxylation sites is 2. The van der Waals surface area contributed by atoms with E-state index in [0.29, 0.717) is 26.1 Å². The van der Waals surface area contributed by atoms with Crippen molar-refractivity contribution < 1.29 is 37.4 Å². The van der Waals surface area contributed by atoms with Gasteiger partial charge >= 0.3 is 11.0 Å². The minimum atomic E-state index is -4.82. The van der Waals surface area contributed by atoms with Gasteiger partial charge in [0.25, 0.3) is 5.91 Å². The molecule has 0 saturated carbocycles. The molecule has 0 bridgehead atoms. The summed E-state index contributed by atoms with van der Waals surface area (Å²) in [4.78, 5) is 55.9. The fourth-order valence-corrected chi connectivity index (χ4v) is 7.76. The van der Waals surface area contributed by atoms with Gasteiger partial charge < -0.3 is 20.1 Å². The van der Waals surface area contributed by atoms with Crippen LogP contribution in [0, 0.1) is 5.92 Å². The molecule has 0 aliphatic carbocycles. The molecule has 3 aromatic carbocycles. The van der Waals surface area contributed by atoms with Crippen LogP contribution in [-0.4, -0.2) is 39.7 Å². The number of hydrogen-bond donors (Lipinski definition) is 3. The standard InChI is InChI=1S/C29H20F3N3O6S2/c30-29(31,32)17-6-2-3-7-18(17)35-26(38)22-21(23-25(34-28(40)43-23)42-24(22)27(35)39)16-5-1-4-8-19(16)41-13-20(37)33-14-9-11-15(36)12-10-14/h1-12,21-22,24,36H,13H2,(H,33,37)(H,34,40). The number of phenols is 1. The average Bonchev–Trinajstić information content (AvgIpc) is 3.47. The number of aromatic hydroxyl groups is 1. The summed E-state index contributed by atoms with van der Waals surface area (Å²) in [5, 5.41) is 11.3. The number of thiazole rings is 1. The number of carbonyl (C=O) groups is 3. The van der Waals surface area contributed by atoms with Crippen LogP contribution in [-0.2, 0) is 20.6 Å². The largest absolute Gasteiger partial charge is 0.508 e. The van der Waals surface area contributed by atoms with Gasteiger partial charge in [-0.05, 0) is 42.5 Å². The van der Waals surface area contributed by atoms with Crippen molar-refractivity contribution in [3.63, 3.8) is 0 Å². The number of rotatable bonds is 6. The minimum Gasteiger partial charge on any atom is -0.508 e. The van der Waals surface area contributed by atoms with Crippen molar-refractivity contribution in [2.75, 3.05) is 16.8 Å². The van der Waals surface area contributed by atoms with Crippen LogP contribution in [0.5, 0.6) is 11.5 Å². The summed E-state index contributed by atoms with van der Waals surface area (Å²) in [5.74, 6) is -4.05. The molecule has 1 aromatic heterocycles. The zero-order valence-electron chi connectivity index (χ0n) is 21.8. The van der Waals surface area contributed by atoms with Crippen LogP contribution in [0.1, 0.15) is 21.9 Å². The second kappa shape index (κ2) is 10.9. The molecule has 43 heavy (non-hydrogen) atoms. The van der Waals surface area contributed by atoms with Gasteiger partial charge in [-0.25, -0.2) is 4.90 Å². The number of hydrogen-bond acceptors (Lipinski definition) is 8. The maximum absolute atomic E-state index is 14.0. The summed E-state index contributed by atoms with van der Waals surface area (Å²) in [6, 6.07) is 16.7. The number of imide groups is 1. The number of phenolic OH excluding ortho intramolecular Hbond substituents is 1. The fraction of sp³-hybridized carbons (Fsp3) is 0.172. The second-order valence-corrected chi connectivity index (χ2v) is 11.9. The van der Waals surface area contributed by atoms with Crippen LogP contribution in [0.4, 0.5) is 24.5 Å². The number of carbonyl (C=O) groups excluding carboxylic acids is 3. The molecular weight excluding hydrogens is 607 g/mol. The van der Waals surface area contributed by atoms with Crippen molar-refractivity contribution in [3.8, 4) is 11.5 Å². The van der Waals surface area contributed by atoms with Gasteiger partial charge in [0.1, 0.15) is 16.7 Å². The van der Waals surface area contributed by atoms with Gasteiger partial charge in [0.15, 0.2) is 6.61 Å². The van der Waals surface area contributed by atoms with Crippen molar-refractivity contribution in [1.82, 2.24) is 4.98 Å². The highest BCUT2D eigenvalue weighted by Crippen LogP contribution is 2.55. The number of H-pyrrole nitrogens is 1. The van der Waals surface area contributed by atoms with Gasteiger partial charge in [-0.3, -0.25) is 19.2 Å². The minimum absolute atomic E-state index is 0.0268. The van der Waals surface area contributed by atoms with Gasteiger partial charge in [0.2, 0.25) is 11.8 Å². The Labute approximate surface area is 249 Å². The van der Waals surface area contributed by atoms with E-state index in [4.69, 9.17) is 4.74 Å². The van der Waals surface area contributed by atoms with Crippen LogP contribution in [0.15, 0.2) is 82.6 Å². The van der Waals surface area contributed by atoms with Crippen molar-refractivity contribution >= 4 is 52.2 Å². The van der Waals surface area contributed by atoms with Crippen molar-refractivity contribution in [2.24, 2.45) is 5.92 Å². The Hall–Kier alpha value is -4.56. The number of alkyl halides is 3. The highest BCUT2D eigenvalue weighted by molar-refractivity contribution is 8.00. The van der Waals surface area contributed by atoms with E-state index in [1.54, 1.807) is 24.3 Å². The zero-order valence-corrected chi connectivity index (χ0v) is 23.4. The molecule has 3 amide bonds. The molecule has 3 heterocycles. The Balaban J connectivity index is 1.36. The van der Waals surface area contributed by atoms with Crippen LogP contribution < -0.4 is 19.8 Å². The molecule has 2 aliphatic heterocycles. The van der Waals surface area contributed by atoms with Gasteiger partial charge in [0, 0.05) is 22.0 Å². The van der Waals surface area contributed by atoms with Gasteiger partial charge in [-0.1, -0.05) is 53.4 Å². The molecule has 220 valence electrons. The number of aromatic nitrogens is 1. The van der Waals surface area contributed by atoms with E-state index < -0.39 is 63.7 Å². The maximum Gasteiger partial charge on any atom is 0.418 e. The summed E-state index contributed by atoms with van der Waals surface area (Å²) in [6.07, 6.45) is -4.82. The van der Waals surface area contributed by atoms with E-state index in [9.17, 15) is 37.5 Å². The van der Waals surface area contributed by atoms with Gasteiger partial charge in [-0.2, -0.15) is 13.2 Å². The first kappa shape index (κ1) is 28.6. The first-order chi connectivity index (χ1) is 20.5. The lowest BCUT2D eigenvalue weighted by Crippen LogP contribution is -2.33. The van der Waals surface area contributed by atoms with Gasteiger partial charge in [0.05, 0.1) is 22.2 Å². The Morgan fingerprint density at radius 2 is 1.67 bits per heavy atom. The smallest absolute Gasteiger partial charge is 0.418 e. The van der Waals surface area contributed by atoms with Crippen molar-refractivity contribution in [3.05, 3.63) is 98.5 Å². The summed E-state index contributed by atoms with van der Waals surface area (Å²) in [7, 11) is 0. The van der Waals surface area contributed by atoms with Gasteiger partial charge in [-0.15, -0.1) is 0 Å². The normalized spacial score (nSPS) is 19.6. The van der Waals surface area contributed by atoms with Crippen molar-refractivity contribution in [2.45, 2.75) is 22.4 Å². The van der Waals surface area contributed by atoms with E-state index in [1.165, 1.54) is 36.4 Å². The third kappa shape index (κ3) is 5.27. The summed E-state index contributed by atoms with van der Waals surface area (Å²) in [5.41, 5.74) is -0.879. The third-order valence-electron chi connectivity index (χ3n) is 7.04. The number of thioether (sulfide) groups is 1. The van der Waals surface area contributed by atoms with E-state index in [0.717, 1.165) is 35.2 Å². The number of nitrogens with one attached hydrogen (secondary N) is 2. The van der Waals surface area contributed by atoms with E-state index >= 15 is 0 Å². The Kier molecular flexibility index (Phi) is 7.26. The van der Waals surface area contributed by atoms with Crippen LogP contribution in [0.2, 0.25) is 0 Å². The number of benzene rings is 3. The number of nitrogens with zero attached hydrogens (tertiary/aromatic N) is 1. The Bertz CT molecular complexity index is 1800. The molecule has 1 saturated heterocycles. The molecule has 3 atom stereocenters. The highest BCUT2D eigenvalue weighted by atomic mass is 32.2. The molecule has 6 rings (SSSR count). The third-order valence-corrected chi connectivity index (χ3v) is 9.44. The first-order valence-electron chi connectivity index (χ1n) is 12.8. The number of amides is 3. The van der Waals surface area contributed by atoms with Crippen molar-refractivity contribution in [1.29, 1.82) is 0 Å². The summed E-state index contributed by atoms with van der Waals surface area (Å²) >= 11 is 1.77. The number of anilines is 2. The first-order valence-corrected chi connectivity index (χ1v) is 14.5. The summed E-state index contributed by atoms with van der Waals surface area (Å²) < 4.78 is 47.5. The molecule has 1 fully saturated rings. The SMILES string of the molecule is O=C(COc1ccccc1C1c2sc(=O)[nH]c2SC2C(=O)N(c3ccccc3C(F)(F)F)C(=O)C21)Nc1ccc(O)cc1. The lowest BCUT2D eigenvalue weighted by molar-refractivity contribution is -0.137. The maximum atomic E-state index is 14.0. The van der Waals surface area contributed by atoms with Crippen LogP contribution in [0.3, 0.4) is 0 Å². The Morgan fingerprint density at radius 3 is 2.42 bits per heavy atom. The number of fused-ring (bicyclic) bond motifs is 2. The molecule has 3 N–H and O–H groups in total. The number of halogens is 3. The molecule has 14 heteroatoms. The molecule has 2 aliphatic rings.